The summed E-state index contributed by atoms with van der Waals surface area (Å²) in [5.74, 6) is -0.374. The first-order valence-electron chi connectivity index (χ1n) is 6.81. The van der Waals surface area contributed by atoms with Crippen LogP contribution in [0.25, 0.3) is 0 Å². The molecule has 112 valence electrons. The Labute approximate surface area is 123 Å². The van der Waals surface area contributed by atoms with Gasteiger partial charge in [-0.2, -0.15) is 0 Å². The Kier molecular flexibility index (Phi) is 4.34. The van der Waals surface area contributed by atoms with Crippen LogP contribution in [-0.2, 0) is 10.2 Å². The molecule has 0 saturated carbocycles. The molecule has 0 aliphatic carbocycles. The van der Waals surface area contributed by atoms with Gasteiger partial charge in [0.2, 0.25) is 0 Å². The van der Waals surface area contributed by atoms with Crippen LogP contribution in [0.3, 0.4) is 0 Å². The molecule has 0 bridgehead atoms. The van der Waals surface area contributed by atoms with Crippen LogP contribution in [0.5, 0.6) is 0 Å². The zero-order valence-electron chi connectivity index (χ0n) is 12.5. The number of hydrogen-bond acceptors (Lipinski definition) is 5. The lowest BCUT2D eigenvalue weighted by Crippen LogP contribution is -2.21. The minimum absolute atomic E-state index is 0.256. The fraction of sp³-hybridized carbons (Fsp3) is 0.714. The maximum absolute atomic E-state index is 11.4. The molecule has 0 spiro atoms. The smallest absolute Gasteiger partial charge is 0.347 e. The van der Waals surface area contributed by atoms with E-state index in [0.717, 1.165) is 31.2 Å². The molecule has 1 aromatic rings. The predicted molar refractivity (Wildman–Crippen MR) is 80.0 cm³/mol. The normalized spacial score (nSPS) is 19.6. The monoisotopic (exact) mass is 298 g/mol. The summed E-state index contributed by atoms with van der Waals surface area (Å²) < 4.78 is 5.19. The van der Waals surface area contributed by atoms with Gasteiger partial charge in [0, 0.05) is 31.5 Å². The summed E-state index contributed by atoms with van der Waals surface area (Å²) >= 11 is 1.29. The molecule has 2 rings (SSSR count). The Balaban J connectivity index is 2.24. The van der Waals surface area contributed by atoms with Crippen LogP contribution in [0, 0.1) is 5.92 Å². The second-order valence-corrected chi connectivity index (χ2v) is 7.26. The fourth-order valence-corrected chi connectivity index (χ4v) is 3.63. The van der Waals surface area contributed by atoms with Gasteiger partial charge in [-0.1, -0.05) is 32.1 Å². The van der Waals surface area contributed by atoms with E-state index in [-0.39, 0.29) is 5.41 Å². The number of carboxylic acids is 1. The van der Waals surface area contributed by atoms with Gasteiger partial charge in [0.1, 0.15) is 4.88 Å². The molecule has 5 nitrogen and oxygen atoms in total. The van der Waals surface area contributed by atoms with Crippen LogP contribution in [-0.4, -0.2) is 42.9 Å². The zero-order chi connectivity index (χ0) is 14.9. The number of rotatable bonds is 4. The molecule has 1 atom stereocenters. The fourth-order valence-electron chi connectivity index (χ4n) is 2.48. The van der Waals surface area contributed by atoms with E-state index in [4.69, 9.17) is 4.74 Å². The summed E-state index contributed by atoms with van der Waals surface area (Å²) in [6, 6.07) is 0. The summed E-state index contributed by atoms with van der Waals surface area (Å²) in [4.78, 5) is 18.5. The Bertz CT molecular complexity index is 493. The van der Waals surface area contributed by atoms with Gasteiger partial charge < -0.3 is 14.7 Å². The zero-order valence-corrected chi connectivity index (χ0v) is 13.3. The first-order valence-corrected chi connectivity index (χ1v) is 7.63. The van der Waals surface area contributed by atoms with Crippen molar-refractivity contribution < 1.29 is 14.6 Å². The van der Waals surface area contributed by atoms with Crippen LogP contribution < -0.4 is 4.90 Å². The van der Waals surface area contributed by atoms with Crippen molar-refractivity contribution in [2.45, 2.75) is 32.6 Å². The van der Waals surface area contributed by atoms with E-state index in [2.05, 4.69) is 9.88 Å². The Morgan fingerprint density at radius 2 is 2.25 bits per heavy atom. The molecule has 1 fully saturated rings. The number of ether oxygens (including phenoxy) is 1. The average molecular weight is 298 g/mol. The van der Waals surface area contributed by atoms with Crippen molar-refractivity contribution in [3.05, 3.63) is 10.6 Å². The van der Waals surface area contributed by atoms with E-state index < -0.39 is 5.97 Å². The van der Waals surface area contributed by atoms with E-state index in [1.54, 1.807) is 7.11 Å². The highest BCUT2D eigenvalue weighted by Gasteiger charge is 2.31. The third-order valence-corrected chi connectivity index (χ3v) is 4.58. The minimum Gasteiger partial charge on any atom is -0.477 e. The first kappa shape index (κ1) is 15.3. The lowest BCUT2D eigenvalue weighted by atomic mass is 9.91. The van der Waals surface area contributed by atoms with Crippen molar-refractivity contribution in [1.82, 2.24) is 4.98 Å². The van der Waals surface area contributed by atoms with E-state index in [9.17, 15) is 9.90 Å². The number of methoxy groups -OCH3 is 1. The molecule has 1 unspecified atom stereocenters. The maximum Gasteiger partial charge on any atom is 0.347 e. The molecular weight excluding hydrogens is 276 g/mol. The number of thiazole rings is 1. The second-order valence-electron chi connectivity index (χ2n) is 6.29. The number of aromatic carboxylic acids is 1. The highest BCUT2D eigenvalue weighted by atomic mass is 32.1. The molecule has 1 aliphatic rings. The van der Waals surface area contributed by atoms with E-state index in [1.807, 2.05) is 20.8 Å². The number of carbonyl (C=O) groups is 1. The summed E-state index contributed by atoms with van der Waals surface area (Å²) in [7, 11) is 1.71. The van der Waals surface area contributed by atoms with Gasteiger partial charge in [-0.3, -0.25) is 0 Å². The third kappa shape index (κ3) is 3.12. The average Bonchev–Trinajstić information content (AvgIpc) is 2.93. The van der Waals surface area contributed by atoms with Gasteiger partial charge >= 0.3 is 5.97 Å². The molecule has 20 heavy (non-hydrogen) atoms. The number of nitrogens with zero attached hydrogens (tertiary/aromatic N) is 2. The molecule has 1 aliphatic heterocycles. The number of hydrogen-bond donors (Lipinski definition) is 1. The molecule has 1 saturated heterocycles. The summed E-state index contributed by atoms with van der Waals surface area (Å²) in [5.41, 5.74) is 0.425. The lowest BCUT2D eigenvalue weighted by Gasteiger charge is -2.17. The van der Waals surface area contributed by atoms with Crippen LogP contribution in [0.15, 0.2) is 0 Å². The minimum atomic E-state index is -0.883. The van der Waals surface area contributed by atoms with Gasteiger partial charge in [0.25, 0.3) is 0 Å². The second kappa shape index (κ2) is 5.69. The van der Waals surface area contributed by atoms with Gasteiger partial charge in [-0.25, -0.2) is 9.78 Å². The first-order chi connectivity index (χ1) is 9.32. The Hall–Kier alpha value is -1.14. The highest BCUT2D eigenvalue weighted by molar-refractivity contribution is 7.17. The number of anilines is 1. The van der Waals surface area contributed by atoms with Gasteiger partial charge in [0.15, 0.2) is 5.13 Å². The predicted octanol–water partition coefficient (Wildman–Crippen LogP) is 2.61. The Morgan fingerprint density at radius 1 is 1.55 bits per heavy atom. The highest BCUT2D eigenvalue weighted by Crippen LogP contribution is 2.35. The van der Waals surface area contributed by atoms with E-state index >= 15 is 0 Å². The van der Waals surface area contributed by atoms with Crippen LogP contribution in [0.4, 0.5) is 5.13 Å². The van der Waals surface area contributed by atoms with Crippen molar-refractivity contribution in [3.63, 3.8) is 0 Å². The maximum atomic E-state index is 11.4. The topological polar surface area (TPSA) is 62.7 Å². The third-order valence-electron chi connectivity index (χ3n) is 3.48. The van der Waals surface area contributed by atoms with Gasteiger partial charge in [0.05, 0.1) is 12.3 Å². The van der Waals surface area contributed by atoms with E-state index in [1.165, 1.54) is 11.3 Å². The van der Waals surface area contributed by atoms with Crippen LogP contribution in [0.1, 0.15) is 42.6 Å². The molecule has 2 heterocycles. The molecular formula is C14H22N2O3S. The van der Waals surface area contributed by atoms with Crippen LogP contribution >= 0.6 is 11.3 Å². The molecule has 0 aromatic carbocycles. The van der Waals surface area contributed by atoms with Crippen molar-refractivity contribution in [3.8, 4) is 0 Å². The molecule has 1 aromatic heterocycles. The lowest BCUT2D eigenvalue weighted by molar-refractivity contribution is 0.0699. The standard InChI is InChI=1S/C14H22N2O3S/c1-14(2,3)11-10(12(17)18)20-13(15-11)16-6-5-9(7-16)8-19-4/h9H,5-8H2,1-4H3,(H,17,18). The molecule has 0 amide bonds. The SMILES string of the molecule is COCC1CCN(c2nc(C(C)(C)C)c(C(=O)O)s2)C1. The van der Waals surface area contributed by atoms with Gasteiger partial charge in [-0.05, 0) is 6.42 Å². The van der Waals surface area contributed by atoms with Gasteiger partial charge in [-0.15, -0.1) is 0 Å². The van der Waals surface area contributed by atoms with Crippen molar-refractivity contribution in [2.24, 2.45) is 5.92 Å². The number of carboxylic acid groups (broad SMARTS) is 1. The van der Waals surface area contributed by atoms with Crippen molar-refractivity contribution >= 4 is 22.4 Å². The number of aromatic nitrogens is 1. The van der Waals surface area contributed by atoms with Crippen molar-refractivity contribution in [2.75, 3.05) is 31.7 Å². The van der Waals surface area contributed by atoms with Crippen LogP contribution in [0.2, 0.25) is 0 Å². The molecule has 6 heteroatoms. The largest absolute Gasteiger partial charge is 0.477 e. The summed E-state index contributed by atoms with van der Waals surface area (Å²) in [6.07, 6.45) is 1.07. The van der Waals surface area contributed by atoms with Crippen molar-refractivity contribution in [1.29, 1.82) is 0 Å². The molecule has 0 radical (unpaired) electrons. The Morgan fingerprint density at radius 3 is 2.75 bits per heavy atom. The summed E-state index contributed by atoms with van der Waals surface area (Å²) in [6.45, 7) is 8.55. The molecule has 1 N–H and O–H groups in total. The van der Waals surface area contributed by atoms with E-state index in [0.29, 0.717) is 16.5 Å². The summed E-state index contributed by atoms with van der Waals surface area (Å²) in [5, 5.41) is 10.2. The quantitative estimate of drug-likeness (QED) is 0.925.